The summed E-state index contributed by atoms with van der Waals surface area (Å²) < 4.78 is 39.0. The van der Waals surface area contributed by atoms with Gasteiger partial charge in [0, 0.05) is 18.3 Å². The molecule has 1 heterocycles. The number of carbonyl (C=O) groups excluding carboxylic acids is 1. The van der Waals surface area contributed by atoms with Crippen LogP contribution in [0.5, 0.6) is 0 Å². The van der Waals surface area contributed by atoms with Crippen molar-refractivity contribution in [3.05, 3.63) is 58.4 Å². The molecule has 1 aromatic heterocycles. The van der Waals surface area contributed by atoms with Crippen molar-refractivity contribution in [1.29, 1.82) is 5.26 Å². The van der Waals surface area contributed by atoms with Crippen LogP contribution in [0.25, 0.3) is 0 Å². The first-order valence-corrected chi connectivity index (χ1v) is 6.63. The van der Waals surface area contributed by atoms with Gasteiger partial charge < -0.3 is 4.90 Å². The summed E-state index contributed by atoms with van der Waals surface area (Å²) >= 11 is 5.83. The van der Waals surface area contributed by atoms with E-state index in [2.05, 4.69) is 4.98 Å². The number of pyridine rings is 1. The highest BCUT2D eigenvalue weighted by molar-refractivity contribution is 6.31. The maximum absolute atomic E-state index is 13.0. The van der Waals surface area contributed by atoms with Crippen LogP contribution in [0.4, 0.5) is 18.9 Å². The average Bonchev–Trinajstić information content (AvgIpc) is 2.52. The van der Waals surface area contributed by atoms with Gasteiger partial charge in [0.15, 0.2) is 0 Å². The van der Waals surface area contributed by atoms with Crippen molar-refractivity contribution in [3.8, 4) is 6.07 Å². The van der Waals surface area contributed by atoms with Crippen molar-refractivity contribution < 1.29 is 18.0 Å². The lowest BCUT2D eigenvalue weighted by molar-refractivity contribution is -0.138. The van der Waals surface area contributed by atoms with Crippen LogP contribution in [-0.4, -0.2) is 17.9 Å². The van der Waals surface area contributed by atoms with Gasteiger partial charge in [0.2, 0.25) is 0 Å². The summed E-state index contributed by atoms with van der Waals surface area (Å²) in [5.74, 6) is -0.989. The van der Waals surface area contributed by atoms with Gasteiger partial charge in [-0.1, -0.05) is 11.6 Å². The van der Waals surface area contributed by atoms with Crippen LogP contribution in [0.3, 0.4) is 0 Å². The normalized spacial score (nSPS) is 11.0. The molecule has 23 heavy (non-hydrogen) atoms. The first-order chi connectivity index (χ1) is 10.8. The highest BCUT2D eigenvalue weighted by Crippen LogP contribution is 2.32. The molecule has 0 saturated heterocycles. The van der Waals surface area contributed by atoms with Gasteiger partial charge in [-0.3, -0.25) is 9.78 Å². The number of benzene rings is 1. The van der Waals surface area contributed by atoms with Crippen LogP contribution in [0.15, 0.2) is 36.5 Å². The second kappa shape index (κ2) is 6.26. The molecule has 0 fully saturated rings. The topological polar surface area (TPSA) is 57.0 Å². The molecular formula is C15H9ClF3N3O. The van der Waals surface area contributed by atoms with Crippen LogP contribution >= 0.6 is 11.6 Å². The Bertz CT molecular complexity index is 799. The minimum Gasteiger partial charge on any atom is -0.309 e. The molecule has 8 heteroatoms. The molecule has 0 aliphatic rings. The first kappa shape index (κ1) is 16.8. The van der Waals surface area contributed by atoms with Crippen LogP contribution < -0.4 is 4.90 Å². The Morgan fingerprint density at radius 1 is 1.35 bits per heavy atom. The molecule has 0 aliphatic carbocycles. The number of aromatic nitrogens is 1. The fourth-order valence-electron chi connectivity index (χ4n) is 1.95. The molecule has 4 nitrogen and oxygen atoms in total. The maximum Gasteiger partial charge on any atom is 0.418 e. The molecule has 0 atom stereocenters. The third-order valence-corrected chi connectivity index (χ3v) is 3.30. The highest BCUT2D eigenvalue weighted by Gasteiger charge is 2.37. The second-order valence-electron chi connectivity index (χ2n) is 4.53. The fourth-order valence-corrected chi connectivity index (χ4v) is 2.12. The number of carbonyl (C=O) groups is 1. The van der Waals surface area contributed by atoms with E-state index in [0.717, 1.165) is 23.2 Å². The maximum atomic E-state index is 13.0. The number of alkyl halides is 3. The van der Waals surface area contributed by atoms with E-state index < -0.39 is 23.3 Å². The van der Waals surface area contributed by atoms with Crippen molar-refractivity contribution in [2.75, 3.05) is 11.9 Å². The number of nitriles is 1. The average molecular weight is 340 g/mol. The van der Waals surface area contributed by atoms with Crippen molar-refractivity contribution >= 4 is 23.2 Å². The number of anilines is 1. The molecule has 1 amide bonds. The molecule has 0 saturated carbocycles. The zero-order valence-electron chi connectivity index (χ0n) is 11.7. The quantitative estimate of drug-likeness (QED) is 0.833. The molecule has 0 radical (unpaired) electrons. The van der Waals surface area contributed by atoms with Crippen molar-refractivity contribution in [3.63, 3.8) is 0 Å². The van der Waals surface area contributed by atoms with E-state index in [1.54, 1.807) is 0 Å². The molecule has 0 spiro atoms. The molecule has 2 rings (SSSR count). The summed E-state index contributed by atoms with van der Waals surface area (Å²) in [4.78, 5) is 16.9. The van der Waals surface area contributed by atoms with E-state index in [0.29, 0.717) is 0 Å². The fraction of sp³-hybridized carbons (Fsp3) is 0.133. The van der Waals surface area contributed by atoms with E-state index >= 15 is 0 Å². The predicted molar refractivity (Wildman–Crippen MR) is 78.1 cm³/mol. The SMILES string of the molecule is CN(C(=O)c1ncccc1C(F)(F)F)c1cc(Cl)ccc1C#N. The summed E-state index contributed by atoms with van der Waals surface area (Å²) in [5.41, 5.74) is -1.68. The highest BCUT2D eigenvalue weighted by atomic mass is 35.5. The van der Waals surface area contributed by atoms with Gasteiger partial charge >= 0.3 is 6.18 Å². The largest absolute Gasteiger partial charge is 0.418 e. The smallest absolute Gasteiger partial charge is 0.309 e. The molecule has 0 aliphatic heterocycles. The summed E-state index contributed by atoms with van der Waals surface area (Å²) in [5, 5.41) is 9.31. The van der Waals surface area contributed by atoms with Crippen molar-refractivity contribution in [2.45, 2.75) is 6.18 Å². The molecule has 0 bridgehead atoms. The number of halogens is 4. The predicted octanol–water partition coefficient (Wildman–Crippen LogP) is 3.90. The first-order valence-electron chi connectivity index (χ1n) is 6.25. The van der Waals surface area contributed by atoms with Gasteiger partial charge in [-0.25, -0.2) is 0 Å². The minimum atomic E-state index is -4.72. The minimum absolute atomic E-state index is 0.101. The number of amides is 1. The Morgan fingerprint density at radius 2 is 2.04 bits per heavy atom. The third-order valence-electron chi connectivity index (χ3n) is 3.06. The Hall–Kier alpha value is -2.59. The van der Waals surface area contributed by atoms with Crippen LogP contribution in [0.2, 0.25) is 5.02 Å². The van der Waals surface area contributed by atoms with Crippen molar-refractivity contribution in [2.24, 2.45) is 0 Å². The van der Waals surface area contributed by atoms with Crippen LogP contribution in [0.1, 0.15) is 21.6 Å². The van der Waals surface area contributed by atoms with Gasteiger partial charge in [-0.05, 0) is 30.3 Å². The van der Waals surface area contributed by atoms with Crippen LogP contribution in [-0.2, 0) is 6.18 Å². The summed E-state index contributed by atoms with van der Waals surface area (Å²) in [6.07, 6.45) is -3.62. The Balaban J connectivity index is 2.51. The molecule has 2 aromatic rings. The number of hydrogen-bond donors (Lipinski definition) is 0. The third kappa shape index (κ3) is 3.43. The van der Waals surface area contributed by atoms with Crippen LogP contribution in [0, 0.1) is 11.3 Å². The summed E-state index contributed by atoms with van der Waals surface area (Å²) in [6.45, 7) is 0. The summed E-state index contributed by atoms with van der Waals surface area (Å²) in [7, 11) is 1.25. The lowest BCUT2D eigenvalue weighted by atomic mass is 10.1. The lowest BCUT2D eigenvalue weighted by Gasteiger charge is -2.20. The molecule has 0 unspecified atom stereocenters. The molecule has 0 N–H and O–H groups in total. The Morgan fingerprint density at radius 3 is 2.65 bits per heavy atom. The van der Waals surface area contributed by atoms with E-state index in [9.17, 15) is 18.0 Å². The Kier molecular flexibility index (Phi) is 4.57. The number of nitrogens with zero attached hydrogens (tertiary/aromatic N) is 3. The van der Waals surface area contributed by atoms with Gasteiger partial charge in [-0.15, -0.1) is 0 Å². The standard InChI is InChI=1S/C15H9ClF3N3O/c1-22(12-7-10(16)5-4-9(12)8-20)14(23)13-11(15(17,18)19)3-2-6-21-13/h2-7H,1H3. The molecule has 118 valence electrons. The van der Waals surface area contributed by atoms with E-state index in [1.807, 2.05) is 6.07 Å². The van der Waals surface area contributed by atoms with Gasteiger partial charge in [0.1, 0.15) is 11.8 Å². The Labute approximate surface area is 134 Å². The molecule has 1 aromatic carbocycles. The van der Waals surface area contributed by atoms with Crippen molar-refractivity contribution in [1.82, 2.24) is 4.98 Å². The molecular weight excluding hydrogens is 331 g/mol. The van der Waals surface area contributed by atoms with E-state index in [1.165, 1.54) is 25.2 Å². The van der Waals surface area contributed by atoms with Gasteiger partial charge in [0.05, 0.1) is 16.8 Å². The van der Waals surface area contributed by atoms with E-state index in [4.69, 9.17) is 16.9 Å². The summed E-state index contributed by atoms with van der Waals surface area (Å²) in [6, 6.07) is 7.89. The number of rotatable bonds is 2. The zero-order valence-corrected chi connectivity index (χ0v) is 12.5. The zero-order chi connectivity index (χ0) is 17.2. The second-order valence-corrected chi connectivity index (χ2v) is 4.97. The monoisotopic (exact) mass is 339 g/mol. The van der Waals surface area contributed by atoms with Gasteiger partial charge in [0.25, 0.3) is 5.91 Å². The number of hydrogen-bond acceptors (Lipinski definition) is 3. The van der Waals surface area contributed by atoms with E-state index in [-0.39, 0.29) is 16.3 Å². The van der Waals surface area contributed by atoms with Gasteiger partial charge in [-0.2, -0.15) is 18.4 Å². The lowest BCUT2D eigenvalue weighted by Crippen LogP contribution is -2.30.